The Morgan fingerprint density at radius 3 is 1.97 bits per heavy atom. The van der Waals surface area contributed by atoms with Gasteiger partial charge in [-0.3, -0.25) is 0 Å². The van der Waals surface area contributed by atoms with Gasteiger partial charge in [-0.2, -0.15) is 0 Å². The molecule has 0 heterocycles. The van der Waals surface area contributed by atoms with Crippen molar-refractivity contribution in [3.05, 3.63) is 140 Å². The van der Waals surface area contributed by atoms with E-state index in [-0.39, 0.29) is 0 Å². The number of hydrogen-bond donors (Lipinski definition) is 1. The molecule has 0 aliphatic carbocycles. The quantitative estimate of drug-likeness (QED) is 0.290. The summed E-state index contributed by atoms with van der Waals surface area (Å²) in [6, 6.07) is 49.1. The zero-order valence-corrected chi connectivity index (χ0v) is 18.7. The highest BCUT2D eigenvalue weighted by atomic mass is 15.2. The highest BCUT2D eigenvalue weighted by Gasteiger charge is 2.18. The van der Waals surface area contributed by atoms with Gasteiger partial charge >= 0.3 is 0 Å². The Hall–Kier alpha value is -4.56. The number of rotatable bonds is 5. The van der Waals surface area contributed by atoms with Crippen LogP contribution in [0, 0.1) is 0 Å². The maximum Gasteiger partial charge on any atom is 0.0697 e. The predicted octanol–water partition coefficient (Wildman–Crippen LogP) is 9.21. The maximum atomic E-state index is 3.64. The summed E-state index contributed by atoms with van der Waals surface area (Å²) in [5, 5.41) is 8.53. The number of nitrogens with one attached hydrogen (secondary N) is 1. The molecular weight excluding hydrogens is 412 g/mol. The van der Waals surface area contributed by atoms with Crippen molar-refractivity contribution < 1.29 is 0 Å². The molecule has 6 rings (SSSR count). The lowest BCUT2D eigenvalue weighted by atomic mass is 10.0. The number of hydrogen-bond acceptors (Lipinski definition) is 2. The van der Waals surface area contributed by atoms with E-state index < -0.39 is 0 Å². The van der Waals surface area contributed by atoms with E-state index in [0.29, 0.717) is 0 Å². The molecule has 34 heavy (non-hydrogen) atoms. The summed E-state index contributed by atoms with van der Waals surface area (Å²) < 4.78 is 0. The fourth-order valence-electron chi connectivity index (χ4n) is 4.58. The molecule has 0 amide bonds. The van der Waals surface area contributed by atoms with Crippen molar-refractivity contribution >= 4 is 50.0 Å². The average molecular weight is 437 g/mol. The van der Waals surface area contributed by atoms with Gasteiger partial charge in [0.15, 0.2) is 0 Å². The van der Waals surface area contributed by atoms with Gasteiger partial charge in [-0.1, -0.05) is 97.1 Å². The molecule has 2 heteroatoms. The minimum atomic E-state index is 1.05. The van der Waals surface area contributed by atoms with Gasteiger partial charge in [0.2, 0.25) is 0 Å². The molecule has 0 aliphatic rings. The van der Waals surface area contributed by atoms with E-state index in [1.54, 1.807) is 0 Å². The van der Waals surface area contributed by atoms with Crippen LogP contribution in [0.3, 0.4) is 0 Å². The number of benzene rings is 6. The molecule has 0 aliphatic heterocycles. The molecular formula is C32H24N2. The largest absolute Gasteiger partial charge is 0.354 e. The van der Waals surface area contributed by atoms with Crippen molar-refractivity contribution in [1.29, 1.82) is 0 Å². The lowest BCUT2D eigenvalue weighted by Crippen LogP contribution is -2.12. The minimum absolute atomic E-state index is 1.05. The van der Waals surface area contributed by atoms with Gasteiger partial charge in [-0.15, -0.1) is 0 Å². The molecule has 0 radical (unpaired) electrons. The van der Waals surface area contributed by atoms with Crippen LogP contribution >= 0.6 is 0 Å². The van der Waals surface area contributed by atoms with Crippen molar-refractivity contribution in [3.63, 3.8) is 0 Å². The summed E-state index contributed by atoms with van der Waals surface area (Å²) in [6.07, 6.45) is 0. The van der Waals surface area contributed by atoms with Crippen LogP contribution in [-0.2, 0) is 0 Å². The first-order valence-electron chi connectivity index (χ1n) is 11.5. The van der Waals surface area contributed by atoms with E-state index in [9.17, 15) is 0 Å². The molecule has 2 nitrogen and oxygen atoms in total. The average Bonchev–Trinajstić information content (AvgIpc) is 2.90. The Kier molecular flexibility index (Phi) is 5.17. The summed E-state index contributed by atoms with van der Waals surface area (Å²) in [5.74, 6) is 0. The molecule has 0 spiro atoms. The van der Waals surface area contributed by atoms with Crippen LogP contribution in [-0.4, -0.2) is 0 Å². The van der Waals surface area contributed by atoms with Gasteiger partial charge < -0.3 is 10.2 Å². The molecule has 0 atom stereocenters. The van der Waals surface area contributed by atoms with Gasteiger partial charge in [0, 0.05) is 16.8 Å². The maximum absolute atomic E-state index is 3.64. The fraction of sp³-hybridized carbons (Fsp3) is 0. The smallest absolute Gasteiger partial charge is 0.0697 e. The van der Waals surface area contributed by atoms with Gasteiger partial charge in [0.1, 0.15) is 0 Å². The number of para-hydroxylation sites is 3. The lowest BCUT2D eigenvalue weighted by Gasteiger charge is -2.29. The first-order valence-corrected chi connectivity index (χ1v) is 11.5. The normalized spacial score (nSPS) is 10.9. The number of nitrogens with zero attached hydrogens (tertiary/aromatic N) is 1. The monoisotopic (exact) mass is 436 g/mol. The molecule has 162 valence electrons. The van der Waals surface area contributed by atoms with Crippen LogP contribution < -0.4 is 10.2 Å². The second kappa shape index (κ2) is 8.76. The van der Waals surface area contributed by atoms with Gasteiger partial charge in [0.05, 0.1) is 17.1 Å². The molecule has 6 aromatic rings. The standard InChI is InChI=1S/C32H24N2/c1-2-15-27(16-3-1)33-30-18-8-9-19-32(30)34(28-22-21-24-11-4-5-13-26(24)23-28)31-20-10-14-25-12-6-7-17-29(25)31/h1-23,33H. The molecule has 1 N–H and O–H groups in total. The van der Waals surface area contributed by atoms with Gasteiger partial charge in [0.25, 0.3) is 0 Å². The van der Waals surface area contributed by atoms with E-state index in [4.69, 9.17) is 0 Å². The molecule has 0 saturated carbocycles. The summed E-state index contributed by atoms with van der Waals surface area (Å²) in [5.41, 5.74) is 5.48. The molecule has 6 aromatic carbocycles. The van der Waals surface area contributed by atoms with Crippen molar-refractivity contribution in [2.75, 3.05) is 10.2 Å². The van der Waals surface area contributed by atoms with Crippen LogP contribution in [0.5, 0.6) is 0 Å². The van der Waals surface area contributed by atoms with E-state index in [1.165, 1.54) is 21.5 Å². The SMILES string of the molecule is c1ccc(Nc2ccccc2N(c2ccc3ccccc3c2)c2cccc3ccccc23)cc1. The summed E-state index contributed by atoms with van der Waals surface area (Å²) in [6.45, 7) is 0. The third-order valence-corrected chi connectivity index (χ3v) is 6.20. The second-order valence-electron chi connectivity index (χ2n) is 8.37. The molecule has 0 bridgehead atoms. The van der Waals surface area contributed by atoms with Crippen LogP contribution in [0.1, 0.15) is 0 Å². The van der Waals surface area contributed by atoms with Crippen molar-refractivity contribution in [2.24, 2.45) is 0 Å². The number of fused-ring (bicyclic) bond motifs is 2. The Bertz CT molecular complexity index is 1580. The molecule has 0 saturated heterocycles. The fourth-order valence-corrected chi connectivity index (χ4v) is 4.58. The van der Waals surface area contributed by atoms with Crippen LogP contribution in [0.2, 0.25) is 0 Å². The molecule has 0 aromatic heterocycles. The van der Waals surface area contributed by atoms with Crippen molar-refractivity contribution in [3.8, 4) is 0 Å². The Morgan fingerprint density at radius 1 is 0.441 bits per heavy atom. The first kappa shape index (κ1) is 20.1. The van der Waals surface area contributed by atoms with E-state index in [0.717, 1.165) is 28.4 Å². The third-order valence-electron chi connectivity index (χ3n) is 6.20. The van der Waals surface area contributed by atoms with Crippen LogP contribution in [0.25, 0.3) is 21.5 Å². The van der Waals surface area contributed by atoms with Gasteiger partial charge in [-0.25, -0.2) is 0 Å². The highest BCUT2D eigenvalue weighted by Crippen LogP contribution is 2.43. The van der Waals surface area contributed by atoms with Crippen LogP contribution in [0.15, 0.2) is 140 Å². The highest BCUT2D eigenvalue weighted by molar-refractivity contribution is 6.01. The van der Waals surface area contributed by atoms with Crippen LogP contribution in [0.4, 0.5) is 28.4 Å². The molecule has 0 unspecified atom stereocenters. The zero-order chi connectivity index (χ0) is 22.7. The summed E-state index contributed by atoms with van der Waals surface area (Å²) in [7, 11) is 0. The van der Waals surface area contributed by atoms with E-state index >= 15 is 0 Å². The van der Waals surface area contributed by atoms with Gasteiger partial charge in [-0.05, 0) is 58.6 Å². The Morgan fingerprint density at radius 2 is 1.09 bits per heavy atom. The van der Waals surface area contributed by atoms with E-state index in [1.807, 2.05) is 6.07 Å². The summed E-state index contributed by atoms with van der Waals surface area (Å²) in [4.78, 5) is 2.36. The Balaban J connectivity index is 1.59. The predicted molar refractivity (Wildman–Crippen MR) is 146 cm³/mol. The Labute approximate surface area is 199 Å². The topological polar surface area (TPSA) is 15.3 Å². The van der Waals surface area contributed by atoms with E-state index in [2.05, 4.69) is 144 Å². The third kappa shape index (κ3) is 3.76. The minimum Gasteiger partial charge on any atom is -0.354 e. The van der Waals surface area contributed by atoms with Crippen molar-refractivity contribution in [1.82, 2.24) is 0 Å². The van der Waals surface area contributed by atoms with Crippen molar-refractivity contribution in [2.45, 2.75) is 0 Å². The lowest BCUT2D eigenvalue weighted by molar-refractivity contribution is 1.30. The number of anilines is 5. The second-order valence-corrected chi connectivity index (χ2v) is 8.37. The summed E-state index contributed by atoms with van der Waals surface area (Å²) >= 11 is 0. The molecule has 0 fully saturated rings. The zero-order valence-electron chi connectivity index (χ0n) is 18.7. The first-order chi connectivity index (χ1) is 16.9.